The summed E-state index contributed by atoms with van der Waals surface area (Å²) in [7, 11) is 0. The Balaban J connectivity index is 2.50. The van der Waals surface area contributed by atoms with E-state index >= 15 is 0 Å². The number of primary amides is 1. The summed E-state index contributed by atoms with van der Waals surface area (Å²) < 4.78 is 0. The number of carbonyl (C=O) groups excluding carboxylic acids is 1. The van der Waals surface area contributed by atoms with Gasteiger partial charge >= 0.3 is 0 Å². The number of benzene rings is 1. The van der Waals surface area contributed by atoms with Crippen molar-refractivity contribution in [3.8, 4) is 11.8 Å². The second-order valence-corrected chi connectivity index (χ2v) is 3.54. The number of aromatic nitrogens is 1. The summed E-state index contributed by atoms with van der Waals surface area (Å²) >= 11 is 5.76. The number of rotatable bonds is 0. The Morgan fingerprint density at radius 1 is 1.31 bits per heavy atom. The summed E-state index contributed by atoms with van der Waals surface area (Å²) in [6.07, 6.45) is 0. The molecule has 2 rings (SSSR count). The van der Waals surface area contributed by atoms with Gasteiger partial charge in [-0.15, -0.1) is 0 Å². The molecule has 1 heterocycles. The Bertz CT molecular complexity index is 626. The SMILES string of the molecule is NC(=O)C#Cc1ccc2nc(Cl)ccc2c1. The van der Waals surface area contributed by atoms with Gasteiger partial charge in [0.15, 0.2) is 0 Å². The van der Waals surface area contributed by atoms with Crippen molar-refractivity contribution in [1.82, 2.24) is 4.98 Å². The minimum Gasteiger partial charge on any atom is -0.359 e. The van der Waals surface area contributed by atoms with Crippen LogP contribution in [0, 0.1) is 11.8 Å². The molecule has 16 heavy (non-hydrogen) atoms. The normalized spacial score (nSPS) is 9.56. The molecule has 0 saturated heterocycles. The summed E-state index contributed by atoms with van der Waals surface area (Å²) in [5, 5.41) is 1.36. The van der Waals surface area contributed by atoms with E-state index in [0.717, 1.165) is 16.5 Å². The average Bonchev–Trinajstić information content (AvgIpc) is 2.26. The quantitative estimate of drug-likeness (QED) is 0.554. The molecule has 2 N–H and O–H groups in total. The highest BCUT2D eigenvalue weighted by Gasteiger charge is 1.97. The molecule has 0 aliphatic carbocycles. The van der Waals surface area contributed by atoms with Crippen molar-refractivity contribution in [2.75, 3.05) is 0 Å². The zero-order valence-electron chi connectivity index (χ0n) is 8.20. The van der Waals surface area contributed by atoms with E-state index in [1.807, 2.05) is 12.1 Å². The summed E-state index contributed by atoms with van der Waals surface area (Å²) in [5.74, 6) is 4.30. The fourth-order valence-corrected chi connectivity index (χ4v) is 1.47. The van der Waals surface area contributed by atoms with Crippen LogP contribution in [-0.2, 0) is 4.79 Å². The molecule has 0 fully saturated rings. The lowest BCUT2D eigenvalue weighted by Crippen LogP contribution is -2.06. The molecule has 78 valence electrons. The number of hydrogen-bond acceptors (Lipinski definition) is 2. The molecule has 1 amide bonds. The molecule has 2 aromatic rings. The van der Waals surface area contributed by atoms with Crippen molar-refractivity contribution in [1.29, 1.82) is 0 Å². The standard InChI is InChI=1S/C12H7ClN2O/c13-11-5-3-9-7-8(2-6-12(14)16)1-4-10(9)15-11/h1,3-5,7H,(H2,14,16). The Hall–Kier alpha value is -2.05. The highest BCUT2D eigenvalue weighted by atomic mass is 35.5. The van der Waals surface area contributed by atoms with Gasteiger partial charge in [0.1, 0.15) is 5.15 Å². The van der Waals surface area contributed by atoms with Crippen LogP contribution in [0.1, 0.15) is 5.56 Å². The van der Waals surface area contributed by atoms with Crippen molar-refractivity contribution >= 4 is 28.4 Å². The largest absolute Gasteiger partial charge is 0.359 e. The Kier molecular flexibility index (Phi) is 2.76. The topological polar surface area (TPSA) is 56.0 Å². The van der Waals surface area contributed by atoms with Crippen LogP contribution in [0.15, 0.2) is 30.3 Å². The number of nitrogens with zero attached hydrogens (tertiary/aromatic N) is 1. The van der Waals surface area contributed by atoms with E-state index < -0.39 is 5.91 Å². The Labute approximate surface area is 97.2 Å². The fourth-order valence-electron chi connectivity index (χ4n) is 1.31. The zero-order valence-corrected chi connectivity index (χ0v) is 8.95. The van der Waals surface area contributed by atoms with Gasteiger partial charge in [-0.1, -0.05) is 17.5 Å². The molecule has 0 spiro atoms. The third kappa shape index (κ3) is 2.30. The van der Waals surface area contributed by atoms with Gasteiger partial charge in [-0.05, 0) is 36.3 Å². The summed E-state index contributed by atoms with van der Waals surface area (Å²) in [5.41, 5.74) is 6.44. The summed E-state index contributed by atoms with van der Waals surface area (Å²) in [6.45, 7) is 0. The number of hydrogen-bond donors (Lipinski definition) is 1. The van der Waals surface area contributed by atoms with E-state index in [0.29, 0.717) is 5.15 Å². The van der Waals surface area contributed by atoms with E-state index in [2.05, 4.69) is 16.8 Å². The predicted octanol–water partition coefficient (Wildman–Crippen LogP) is 1.73. The monoisotopic (exact) mass is 230 g/mol. The van der Waals surface area contributed by atoms with Crippen LogP contribution >= 0.6 is 11.6 Å². The maximum atomic E-state index is 10.5. The van der Waals surface area contributed by atoms with Gasteiger partial charge in [-0.25, -0.2) is 4.98 Å². The fraction of sp³-hybridized carbons (Fsp3) is 0. The molecule has 0 aliphatic heterocycles. The van der Waals surface area contributed by atoms with E-state index in [1.165, 1.54) is 0 Å². The molecular weight excluding hydrogens is 224 g/mol. The Morgan fingerprint density at radius 2 is 2.12 bits per heavy atom. The molecular formula is C12H7ClN2O. The minimum absolute atomic E-state index is 0.448. The molecule has 4 heteroatoms. The molecule has 0 atom stereocenters. The first-order chi connectivity index (χ1) is 7.65. The number of nitrogens with two attached hydrogens (primary N) is 1. The second kappa shape index (κ2) is 4.21. The molecule has 0 radical (unpaired) electrons. The maximum Gasteiger partial charge on any atom is 0.293 e. The molecule has 0 aliphatic rings. The molecule has 1 aromatic heterocycles. The van der Waals surface area contributed by atoms with Gasteiger partial charge in [0.05, 0.1) is 5.52 Å². The first-order valence-electron chi connectivity index (χ1n) is 4.53. The van der Waals surface area contributed by atoms with Gasteiger partial charge in [-0.2, -0.15) is 0 Å². The van der Waals surface area contributed by atoms with Gasteiger partial charge < -0.3 is 5.73 Å². The van der Waals surface area contributed by atoms with Crippen LogP contribution in [0.4, 0.5) is 0 Å². The van der Waals surface area contributed by atoms with Crippen molar-refractivity contribution in [2.45, 2.75) is 0 Å². The van der Waals surface area contributed by atoms with E-state index in [9.17, 15) is 4.79 Å². The highest BCUT2D eigenvalue weighted by Crippen LogP contribution is 2.16. The smallest absolute Gasteiger partial charge is 0.293 e. The number of amides is 1. The number of halogens is 1. The average molecular weight is 231 g/mol. The number of carbonyl (C=O) groups is 1. The third-order valence-electron chi connectivity index (χ3n) is 1.99. The zero-order chi connectivity index (χ0) is 11.5. The van der Waals surface area contributed by atoms with Crippen molar-refractivity contribution in [3.05, 3.63) is 41.0 Å². The first kappa shape index (κ1) is 10.5. The van der Waals surface area contributed by atoms with Crippen LogP contribution in [0.25, 0.3) is 10.9 Å². The van der Waals surface area contributed by atoms with E-state index in [-0.39, 0.29) is 0 Å². The van der Waals surface area contributed by atoms with E-state index in [1.54, 1.807) is 18.2 Å². The van der Waals surface area contributed by atoms with Crippen LogP contribution < -0.4 is 5.73 Å². The lowest BCUT2D eigenvalue weighted by atomic mass is 10.1. The highest BCUT2D eigenvalue weighted by molar-refractivity contribution is 6.29. The predicted molar refractivity (Wildman–Crippen MR) is 62.8 cm³/mol. The molecule has 0 unspecified atom stereocenters. The van der Waals surface area contributed by atoms with E-state index in [4.69, 9.17) is 17.3 Å². The summed E-state index contributed by atoms with van der Waals surface area (Å²) in [4.78, 5) is 14.6. The van der Waals surface area contributed by atoms with Crippen molar-refractivity contribution in [2.24, 2.45) is 5.73 Å². The molecule has 0 bridgehead atoms. The molecule has 3 nitrogen and oxygen atoms in total. The molecule has 0 saturated carbocycles. The third-order valence-corrected chi connectivity index (χ3v) is 2.20. The van der Waals surface area contributed by atoms with Crippen molar-refractivity contribution < 1.29 is 4.79 Å². The van der Waals surface area contributed by atoms with Gasteiger partial charge in [0, 0.05) is 10.9 Å². The number of pyridine rings is 1. The maximum absolute atomic E-state index is 10.5. The lowest BCUT2D eigenvalue weighted by Gasteiger charge is -1.97. The minimum atomic E-state index is -0.644. The van der Waals surface area contributed by atoms with Crippen molar-refractivity contribution in [3.63, 3.8) is 0 Å². The second-order valence-electron chi connectivity index (χ2n) is 3.16. The van der Waals surface area contributed by atoms with Crippen LogP contribution in [0.3, 0.4) is 0 Å². The Morgan fingerprint density at radius 3 is 2.88 bits per heavy atom. The van der Waals surface area contributed by atoms with Gasteiger partial charge in [0.2, 0.25) is 0 Å². The van der Waals surface area contributed by atoms with Crippen LogP contribution in [0.2, 0.25) is 5.15 Å². The first-order valence-corrected chi connectivity index (χ1v) is 4.91. The van der Waals surface area contributed by atoms with Gasteiger partial charge in [0.25, 0.3) is 5.91 Å². The van der Waals surface area contributed by atoms with Crippen LogP contribution in [-0.4, -0.2) is 10.9 Å². The molecule has 1 aromatic carbocycles. The van der Waals surface area contributed by atoms with Crippen LogP contribution in [0.5, 0.6) is 0 Å². The lowest BCUT2D eigenvalue weighted by molar-refractivity contribution is -0.112. The number of fused-ring (bicyclic) bond motifs is 1. The summed E-state index contributed by atoms with van der Waals surface area (Å²) in [6, 6.07) is 8.94. The van der Waals surface area contributed by atoms with Gasteiger partial charge in [-0.3, -0.25) is 4.79 Å².